The van der Waals surface area contributed by atoms with Gasteiger partial charge < -0.3 is 5.11 Å². The van der Waals surface area contributed by atoms with Crippen molar-refractivity contribution in [3.8, 4) is 0 Å². The van der Waals surface area contributed by atoms with E-state index in [1.165, 1.54) is 32.1 Å². The summed E-state index contributed by atoms with van der Waals surface area (Å²) in [6.45, 7) is 6.82. The van der Waals surface area contributed by atoms with Gasteiger partial charge in [0.2, 0.25) is 0 Å². The first-order chi connectivity index (χ1) is 10.3. The Morgan fingerprint density at radius 2 is 1.91 bits per heavy atom. The van der Waals surface area contributed by atoms with Crippen molar-refractivity contribution < 1.29 is 9.90 Å². The third-order valence-corrected chi connectivity index (χ3v) is 8.44. The maximum Gasteiger partial charge on any atom is 0.309 e. The molecule has 3 saturated carbocycles. The molecule has 1 N–H and O–H groups in total. The summed E-state index contributed by atoms with van der Waals surface area (Å²) in [6, 6.07) is 0. The fourth-order valence-corrected chi connectivity index (χ4v) is 7.46. The molecule has 0 aromatic heterocycles. The average Bonchev–Trinajstić information content (AvgIpc) is 2.68. The zero-order valence-electron chi connectivity index (χ0n) is 14.3. The summed E-state index contributed by atoms with van der Waals surface area (Å²) < 4.78 is 0. The number of aliphatic carboxylic acids is 1. The maximum absolute atomic E-state index is 12.0. The minimum absolute atomic E-state index is 0.232. The van der Waals surface area contributed by atoms with E-state index in [-0.39, 0.29) is 5.41 Å². The Labute approximate surface area is 134 Å². The van der Waals surface area contributed by atoms with Crippen LogP contribution in [0.4, 0.5) is 0 Å². The molecule has 4 aliphatic rings. The van der Waals surface area contributed by atoms with Crippen LogP contribution in [0.2, 0.25) is 0 Å². The number of carbonyl (C=O) groups is 1. The van der Waals surface area contributed by atoms with Crippen molar-refractivity contribution in [3.63, 3.8) is 0 Å². The Morgan fingerprint density at radius 1 is 1.14 bits per heavy atom. The standard InChI is InChI=1S/C20H30O2/c1-13-11-20-10-7-15-18(2,16(20)6-5-14(13)12-20)8-4-9-19(15,3)17(21)22/h11,14-16H,4-10,12H2,1-3H3,(H,21,22)/t14-,15+,16+,18-,19-,20-/m1/s1. The summed E-state index contributed by atoms with van der Waals surface area (Å²) in [5.74, 6) is 1.36. The minimum atomic E-state index is -0.550. The fourth-order valence-electron chi connectivity index (χ4n) is 7.46. The topological polar surface area (TPSA) is 37.3 Å². The number of hydrogen-bond acceptors (Lipinski definition) is 1. The van der Waals surface area contributed by atoms with Crippen molar-refractivity contribution in [3.05, 3.63) is 11.6 Å². The maximum atomic E-state index is 12.0. The lowest BCUT2D eigenvalue weighted by Crippen LogP contribution is -2.58. The second-order valence-electron chi connectivity index (χ2n) is 9.33. The van der Waals surface area contributed by atoms with Crippen molar-refractivity contribution in [2.75, 3.05) is 0 Å². The van der Waals surface area contributed by atoms with E-state index in [1.807, 2.05) is 6.92 Å². The van der Waals surface area contributed by atoms with E-state index in [4.69, 9.17) is 0 Å². The molecule has 2 heteroatoms. The van der Waals surface area contributed by atoms with Crippen LogP contribution in [0.3, 0.4) is 0 Å². The Balaban J connectivity index is 1.77. The van der Waals surface area contributed by atoms with Crippen molar-refractivity contribution >= 4 is 5.97 Å². The van der Waals surface area contributed by atoms with Crippen LogP contribution in [-0.4, -0.2) is 11.1 Å². The first-order valence-electron chi connectivity index (χ1n) is 9.25. The highest BCUT2D eigenvalue weighted by Crippen LogP contribution is 2.70. The summed E-state index contributed by atoms with van der Waals surface area (Å²) >= 11 is 0. The van der Waals surface area contributed by atoms with Crippen LogP contribution < -0.4 is 0 Å². The lowest BCUT2D eigenvalue weighted by atomic mass is 9.41. The van der Waals surface area contributed by atoms with E-state index in [0.29, 0.717) is 17.3 Å². The number of hydrogen-bond donors (Lipinski definition) is 1. The monoisotopic (exact) mass is 302 g/mol. The Morgan fingerprint density at radius 3 is 2.64 bits per heavy atom. The van der Waals surface area contributed by atoms with Gasteiger partial charge in [0.15, 0.2) is 0 Å². The molecule has 0 aromatic rings. The fraction of sp³-hybridized carbons (Fsp3) is 0.850. The average molecular weight is 302 g/mol. The highest BCUT2D eigenvalue weighted by Gasteiger charge is 2.64. The molecule has 3 fully saturated rings. The lowest BCUT2D eigenvalue weighted by molar-refractivity contribution is -0.177. The third kappa shape index (κ3) is 1.65. The van der Waals surface area contributed by atoms with Gasteiger partial charge in [-0.25, -0.2) is 0 Å². The largest absolute Gasteiger partial charge is 0.481 e. The van der Waals surface area contributed by atoms with Gasteiger partial charge in [-0.05, 0) is 87.4 Å². The molecule has 0 amide bonds. The molecule has 4 aliphatic carbocycles. The number of allylic oxidation sites excluding steroid dienone is 2. The third-order valence-electron chi connectivity index (χ3n) is 8.44. The molecule has 0 aliphatic heterocycles. The first kappa shape index (κ1) is 14.8. The second kappa shape index (κ2) is 4.39. The molecule has 2 nitrogen and oxygen atoms in total. The number of fused-ring (bicyclic) bond motifs is 3. The number of carboxylic acid groups (broad SMARTS) is 1. The van der Waals surface area contributed by atoms with Crippen molar-refractivity contribution in [1.82, 2.24) is 0 Å². The highest BCUT2D eigenvalue weighted by atomic mass is 16.4. The van der Waals surface area contributed by atoms with Crippen molar-refractivity contribution in [2.24, 2.45) is 34.0 Å². The number of carboxylic acids is 1. The lowest BCUT2D eigenvalue weighted by Gasteiger charge is -2.63. The van der Waals surface area contributed by atoms with E-state index < -0.39 is 11.4 Å². The SMILES string of the molecule is CC1=C[C@@]23CC[C@H]4[C@@](C)(CCC[C@@]4(C)C(=O)O)[C@@H]2CC[C@@H]1C3. The summed E-state index contributed by atoms with van der Waals surface area (Å²) in [7, 11) is 0. The molecular formula is C20H30O2. The molecule has 6 atom stereocenters. The summed E-state index contributed by atoms with van der Waals surface area (Å²) in [5.41, 5.74) is 1.77. The molecule has 0 aromatic carbocycles. The quantitative estimate of drug-likeness (QED) is 0.689. The van der Waals surface area contributed by atoms with Gasteiger partial charge >= 0.3 is 5.97 Å². The van der Waals surface area contributed by atoms with Crippen LogP contribution in [0.5, 0.6) is 0 Å². The molecule has 0 heterocycles. The Bertz CT molecular complexity index is 550. The molecule has 0 radical (unpaired) electrons. The zero-order chi connectivity index (χ0) is 15.8. The van der Waals surface area contributed by atoms with E-state index in [1.54, 1.807) is 5.57 Å². The Hall–Kier alpha value is -0.790. The van der Waals surface area contributed by atoms with E-state index in [0.717, 1.165) is 25.2 Å². The molecule has 122 valence electrons. The zero-order valence-corrected chi connectivity index (χ0v) is 14.3. The molecule has 0 saturated heterocycles. The van der Waals surface area contributed by atoms with Gasteiger partial charge in [-0.15, -0.1) is 0 Å². The summed E-state index contributed by atoms with van der Waals surface area (Å²) in [6.07, 6.45) is 12.2. The van der Waals surface area contributed by atoms with Gasteiger partial charge in [0, 0.05) is 0 Å². The molecule has 2 bridgehead atoms. The minimum Gasteiger partial charge on any atom is -0.481 e. The van der Waals surface area contributed by atoms with Crippen LogP contribution in [-0.2, 0) is 4.79 Å². The predicted molar refractivity (Wildman–Crippen MR) is 87.4 cm³/mol. The van der Waals surface area contributed by atoms with Crippen LogP contribution in [0.1, 0.15) is 72.1 Å². The van der Waals surface area contributed by atoms with Gasteiger partial charge in [-0.2, -0.15) is 0 Å². The molecule has 4 rings (SSSR count). The van der Waals surface area contributed by atoms with E-state index >= 15 is 0 Å². The van der Waals surface area contributed by atoms with Crippen molar-refractivity contribution in [2.45, 2.75) is 72.1 Å². The number of rotatable bonds is 1. The van der Waals surface area contributed by atoms with Gasteiger partial charge in [-0.3, -0.25) is 4.79 Å². The van der Waals surface area contributed by atoms with Gasteiger partial charge in [0.1, 0.15) is 0 Å². The summed E-state index contributed by atoms with van der Waals surface area (Å²) in [5, 5.41) is 9.91. The predicted octanol–water partition coefficient (Wildman–Crippen LogP) is 5.04. The van der Waals surface area contributed by atoms with Gasteiger partial charge in [-0.1, -0.05) is 25.0 Å². The van der Waals surface area contributed by atoms with E-state index in [2.05, 4.69) is 19.9 Å². The van der Waals surface area contributed by atoms with Crippen LogP contribution in [0.25, 0.3) is 0 Å². The normalized spacial score (nSPS) is 53.4. The molecule has 1 spiro atoms. The van der Waals surface area contributed by atoms with E-state index in [9.17, 15) is 9.90 Å². The second-order valence-corrected chi connectivity index (χ2v) is 9.33. The van der Waals surface area contributed by atoms with Gasteiger partial charge in [0.05, 0.1) is 5.41 Å². The van der Waals surface area contributed by atoms with Crippen LogP contribution in [0.15, 0.2) is 11.6 Å². The van der Waals surface area contributed by atoms with Crippen LogP contribution in [0, 0.1) is 34.0 Å². The van der Waals surface area contributed by atoms with Crippen LogP contribution >= 0.6 is 0 Å². The first-order valence-corrected chi connectivity index (χ1v) is 9.25. The smallest absolute Gasteiger partial charge is 0.309 e. The molecule has 0 unspecified atom stereocenters. The molecular weight excluding hydrogens is 272 g/mol. The Kier molecular flexibility index (Phi) is 2.95. The van der Waals surface area contributed by atoms with Crippen molar-refractivity contribution in [1.29, 1.82) is 0 Å². The van der Waals surface area contributed by atoms with Gasteiger partial charge in [0.25, 0.3) is 0 Å². The summed E-state index contributed by atoms with van der Waals surface area (Å²) in [4.78, 5) is 12.0. The highest BCUT2D eigenvalue weighted by molar-refractivity contribution is 5.75. The molecule has 22 heavy (non-hydrogen) atoms.